The maximum atomic E-state index is 13.3. The molecule has 0 saturated heterocycles. The highest BCUT2D eigenvalue weighted by molar-refractivity contribution is 6.66. The average molecular weight is 535 g/mol. The molecule has 5 aromatic rings. The number of benzene rings is 3. The molecule has 0 bridgehead atoms. The minimum absolute atomic E-state index is 0.0471. The number of Topliss-reactive ketones (excluding diaryl/α,β-unsaturated/α-hetero) is 1. The molecule has 180 valence electrons. The van der Waals surface area contributed by atoms with Crippen LogP contribution >= 0.6 is 34.8 Å². The van der Waals surface area contributed by atoms with Crippen LogP contribution in [0.5, 0.6) is 0 Å². The normalized spacial score (nSPS) is 15.1. The summed E-state index contributed by atoms with van der Waals surface area (Å²) in [6.07, 6.45) is 5.69. The Morgan fingerprint density at radius 2 is 1.81 bits per heavy atom. The lowest BCUT2D eigenvalue weighted by Crippen LogP contribution is -2.14. The zero-order valence-electron chi connectivity index (χ0n) is 19.9. The number of hydrogen-bond donors (Lipinski definition) is 0. The van der Waals surface area contributed by atoms with Gasteiger partial charge in [-0.2, -0.15) is 0 Å². The van der Waals surface area contributed by atoms with Gasteiger partial charge in [-0.15, -0.1) is 0 Å². The van der Waals surface area contributed by atoms with E-state index in [1.165, 1.54) is 32.8 Å². The highest BCUT2D eigenvalue weighted by Gasteiger charge is 2.32. The zero-order chi connectivity index (χ0) is 25.4. The molecule has 1 aliphatic rings. The van der Waals surface area contributed by atoms with E-state index in [1.807, 2.05) is 30.4 Å². The van der Waals surface area contributed by atoms with Gasteiger partial charge >= 0.3 is 0 Å². The topological polar surface area (TPSA) is 38.1 Å². The Labute approximate surface area is 223 Å². The molecule has 1 aliphatic heterocycles. The molecule has 3 heterocycles. The van der Waals surface area contributed by atoms with Crippen LogP contribution in [0.1, 0.15) is 34.0 Å². The summed E-state index contributed by atoms with van der Waals surface area (Å²) >= 11 is 18.3. The number of halogens is 3. The number of likely N-dealkylation sites (N-methyl/N-ethyl adjacent to an activating group) is 1. The molecule has 7 heteroatoms. The Morgan fingerprint density at radius 1 is 1.00 bits per heavy atom. The molecule has 4 nitrogen and oxygen atoms in total. The molecule has 0 atom stereocenters. The molecule has 36 heavy (non-hydrogen) atoms. The first-order chi connectivity index (χ1) is 17.2. The fourth-order valence-corrected chi connectivity index (χ4v) is 5.78. The predicted octanol–water partition coefficient (Wildman–Crippen LogP) is 8.17. The predicted molar refractivity (Wildman–Crippen MR) is 152 cm³/mol. The summed E-state index contributed by atoms with van der Waals surface area (Å²) in [6.45, 7) is 5.18. The Hall–Kier alpha value is -3.05. The number of carbonyl (C=O) groups excluding carboxylic acids is 1. The number of aryl methyl sites for hydroxylation is 2. The number of carbonyl (C=O) groups is 1. The van der Waals surface area contributed by atoms with Gasteiger partial charge in [0.1, 0.15) is 0 Å². The molecule has 3 aromatic carbocycles. The molecular weight excluding hydrogens is 513 g/mol. The number of rotatable bonds is 2. The molecular formula is C29H22Cl3N3O. The molecule has 0 radical (unpaired) electrons. The number of ketones is 1. The maximum Gasteiger partial charge on any atom is 0.216 e. The molecule has 0 N–H and O–H groups in total. The third-order valence-electron chi connectivity index (χ3n) is 7.20. The summed E-state index contributed by atoms with van der Waals surface area (Å²) in [4.78, 5) is 19.5. The van der Waals surface area contributed by atoms with Crippen molar-refractivity contribution in [2.45, 2.75) is 24.2 Å². The van der Waals surface area contributed by atoms with Crippen molar-refractivity contribution in [1.29, 1.82) is 0 Å². The van der Waals surface area contributed by atoms with Gasteiger partial charge in [0.05, 0.1) is 16.9 Å². The van der Waals surface area contributed by atoms with E-state index >= 15 is 0 Å². The second-order valence-corrected chi connectivity index (χ2v) is 11.4. The van der Waals surface area contributed by atoms with Crippen molar-refractivity contribution < 1.29 is 4.79 Å². The first-order valence-corrected chi connectivity index (χ1v) is 12.8. The maximum absolute atomic E-state index is 13.3. The fourth-order valence-electron chi connectivity index (χ4n) is 5.43. The van der Waals surface area contributed by atoms with Gasteiger partial charge in [0.2, 0.25) is 9.58 Å². The van der Waals surface area contributed by atoms with Crippen LogP contribution in [-0.4, -0.2) is 22.4 Å². The minimum atomic E-state index is -1.55. The summed E-state index contributed by atoms with van der Waals surface area (Å²) < 4.78 is 0.782. The standard InChI is InChI=1S/C29H22Cl3N3O/c1-4-35-23-8-5-17(11-22(23)27-16(2)20-9-10-33-15-18(20)13-25(27)35)12-26-28(36)21-7-6-19(29(30,31)32)14-24(21)34(26)3/h5-15H,4H2,1-3H3/b26-12-. The SMILES string of the molecule is CCn1c2ccc(/C=C3/C(=O)c4ccc(C(Cl)(Cl)Cl)cc4N3C)cc2c2c(C)c3ccncc3cc21. The largest absolute Gasteiger partial charge is 0.341 e. The van der Waals surface area contributed by atoms with E-state index in [0.717, 1.165) is 23.2 Å². The van der Waals surface area contributed by atoms with Crippen molar-refractivity contribution in [3.05, 3.63) is 88.9 Å². The Morgan fingerprint density at radius 3 is 2.56 bits per heavy atom. The fraction of sp³-hybridized carbons (Fsp3) is 0.172. The first-order valence-electron chi connectivity index (χ1n) is 11.7. The third kappa shape index (κ3) is 3.43. The van der Waals surface area contributed by atoms with Crippen LogP contribution in [0.2, 0.25) is 0 Å². The van der Waals surface area contributed by atoms with Crippen molar-refractivity contribution in [3.63, 3.8) is 0 Å². The van der Waals surface area contributed by atoms with Crippen molar-refractivity contribution in [3.8, 4) is 0 Å². The second kappa shape index (κ2) is 8.24. The molecule has 2 aromatic heterocycles. The Balaban J connectivity index is 1.53. The van der Waals surface area contributed by atoms with Crippen molar-refractivity contribution in [1.82, 2.24) is 9.55 Å². The van der Waals surface area contributed by atoms with Crippen LogP contribution in [0.3, 0.4) is 0 Å². The molecule has 0 saturated carbocycles. The lowest BCUT2D eigenvalue weighted by Gasteiger charge is -2.17. The van der Waals surface area contributed by atoms with E-state index in [-0.39, 0.29) is 5.78 Å². The highest BCUT2D eigenvalue weighted by Crippen LogP contribution is 2.43. The van der Waals surface area contributed by atoms with Gasteiger partial charge in [-0.3, -0.25) is 9.78 Å². The van der Waals surface area contributed by atoms with Crippen LogP contribution in [0.25, 0.3) is 38.7 Å². The van der Waals surface area contributed by atoms with E-state index in [0.29, 0.717) is 16.8 Å². The third-order valence-corrected chi connectivity index (χ3v) is 7.85. The van der Waals surface area contributed by atoms with E-state index in [9.17, 15) is 4.79 Å². The van der Waals surface area contributed by atoms with Gasteiger partial charge in [-0.05, 0) is 72.8 Å². The molecule has 6 rings (SSSR count). The summed E-state index contributed by atoms with van der Waals surface area (Å²) in [5.74, 6) is -0.0471. The van der Waals surface area contributed by atoms with Crippen molar-refractivity contribution >= 4 is 84.9 Å². The van der Waals surface area contributed by atoms with Crippen LogP contribution in [-0.2, 0) is 10.3 Å². The summed E-state index contributed by atoms with van der Waals surface area (Å²) in [5, 5.41) is 4.73. The minimum Gasteiger partial charge on any atom is -0.341 e. The lowest BCUT2D eigenvalue weighted by atomic mass is 10.00. The van der Waals surface area contributed by atoms with Gasteiger partial charge in [0.15, 0.2) is 0 Å². The number of alkyl halides is 3. The molecule has 0 fully saturated rings. The van der Waals surface area contributed by atoms with E-state index in [4.69, 9.17) is 34.8 Å². The van der Waals surface area contributed by atoms with Gasteiger partial charge in [-0.25, -0.2) is 0 Å². The monoisotopic (exact) mass is 533 g/mol. The van der Waals surface area contributed by atoms with Crippen LogP contribution in [0, 0.1) is 6.92 Å². The number of nitrogens with zero attached hydrogens (tertiary/aromatic N) is 3. The summed E-state index contributed by atoms with van der Waals surface area (Å²) in [5.41, 5.74) is 6.98. The van der Waals surface area contributed by atoms with Crippen molar-refractivity contribution in [2.24, 2.45) is 0 Å². The first kappa shape index (κ1) is 23.4. The number of allylic oxidation sites excluding steroid dienone is 1. The highest BCUT2D eigenvalue weighted by atomic mass is 35.6. The molecule has 0 aliphatic carbocycles. The van der Waals surface area contributed by atoms with E-state index in [2.05, 4.69) is 53.7 Å². The smallest absolute Gasteiger partial charge is 0.216 e. The number of anilines is 1. The Bertz CT molecular complexity index is 1760. The number of fused-ring (bicyclic) bond motifs is 5. The van der Waals surface area contributed by atoms with Gasteiger partial charge < -0.3 is 9.47 Å². The van der Waals surface area contributed by atoms with Gasteiger partial charge in [0.25, 0.3) is 0 Å². The number of aromatic nitrogens is 2. The quantitative estimate of drug-likeness (QED) is 0.169. The number of pyridine rings is 1. The van der Waals surface area contributed by atoms with Crippen LogP contribution in [0.15, 0.2) is 66.6 Å². The Kier molecular flexibility index (Phi) is 5.34. The summed E-state index contributed by atoms with van der Waals surface area (Å²) in [6, 6.07) is 15.9. The molecule has 0 spiro atoms. The summed E-state index contributed by atoms with van der Waals surface area (Å²) in [7, 11) is 1.86. The van der Waals surface area contributed by atoms with Gasteiger partial charge in [-0.1, -0.05) is 46.9 Å². The molecule has 0 amide bonds. The zero-order valence-corrected chi connectivity index (χ0v) is 22.2. The van der Waals surface area contributed by atoms with Crippen LogP contribution in [0.4, 0.5) is 5.69 Å². The van der Waals surface area contributed by atoms with E-state index < -0.39 is 3.79 Å². The van der Waals surface area contributed by atoms with Crippen LogP contribution < -0.4 is 4.90 Å². The lowest BCUT2D eigenvalue weighted by molar-refractivity contribution is 0.104. The second-order valence-electron chi connectivity index (χ2n) is 9.16. The number of hydrogen-bond acceptors (Lipinski definition) is 3. The molecule has 0 unspecified atom stereocenters. The van der Waals surface area contributed by atoms with Gasteiger partial charge in [0, 0.05) is 58.8 Å². The van der Waals surface area contributed by atoms with Crippen molar-refractivity contribution in [2.75, 3.05) is 11.9 Å². The van der Waals surface area contributed by atoms with E-state index in [1.54, 1.807) is 18.2 Å². The average Bonchev–Trinajstić information content (AvgIpc) is 3.30.